The molecule has 104 valence electrons. The number of ether oxygens (including phenoxy) is 1. The Morgan fingerprint density at radius 1 is 1.00 bits per heavy atom. The van der Waals surface area contributed by atoms with Crippen LogP contribution in [0.2, 0.25) is 0 Å². The average molecular weight is 250 g/mol. The van der Waals surface area contributed by atoms with Crippen molar-refractivity contribution in [3.8, 4) is 0 Å². The lowest BCUT2D eigenvalue weighted by Crippen LogP contribution is -2.24. The molecule has 1 atom stereocenters. The monoisotopic (exact) mass is 250 g/mol. The lowest BCUT2D eigenvalue weighted by atomic mass is 9.84. The van der Waals surface area contributed by atoms with Crippen LogP contribution in [0.25, 0.3) is 0 Å². The normalized spacial score (nSPS) is 24.9. The Hall–Kier alpha value is -0.300. The van der Waals surface area contributed by atoms with E-state index >= 15 is 0 Å². The molecule has 2 fully saturated rings. The summed E-state index contributed by atoms with van der Waals surface area (Å²) >= 11 is 0. The minimum atomic E-state index is 0.273. The second-order valence-corrected chi connectivity index (χ2v) is 6.40. The van der Waals surface area contributed by atoms with Crippen LogP contribution in [0.5, 0.6) is 0 Å². The number of hydrogen-bond donors (Lipinski definition) is 0. The first kappa shape index (κ1) is 14.1. The van der Waals surface area contributed by atoms with Crippen LogP contribution < -0.4 is 0 Å². The Morgan fingerprint density at radius 2 is 1.56 bits per heavy atom. The van der Waals surface area contributed by atoms with Gasteiger partial charge >= 0.3 is 0 Å². The summed E-state index contributed by atoms with van der Waals surface area (Å²) in [6.07, 6.45) is 15.7. The fraction of sp³-hybridized carbons (Fsp3) is 0.882. The molecule has 18 heavy (non-hydrogen) atoms. The van der Waals surface area contributed by atoms with E-state index in [9.17, 15) is 0 Å². The summed E-state index contributed by atoms with van der Waals surface area (Å²) in [5.74, 6) is 0.892. The highest BCUT2D eigenvalue weighted by Crippen LogP contribution is 2.31. The van der Waals surface area contributed by atoms with E-state index in [1.54, 1.807) is 0 Å². The fourth-order valence-electron chi connectivity index (χ4n) is 3.51. The molecule has 1 unspecified atom stereocenters. The predicted molar refractivity (Wildman–Crippen MR) is 77.8 cm³/mol. The summed E-state index contributed by atoms with van der Waals surface area (Å²) in [4.78, 5) is 0. The largest absolute Gasteiger partial charge is 0.371 e. The van der Waals surface area contributed by atoms with Crippen LogP contribution in [-0.4, -0.2) is 12.2 Å². The first-order valence-electron chi connectivity index (χ1n) is 8.09. The van der Waals surface area contributed by atoms with Gasteiger partial charge in [-0.15, -0.1) is 0 Å². The molecule has 0 heterocycles. The topological polar surface area (TPSA) is 9.23 Å². The van der Waals surface area contributed by atoms with E-state index in [0.717, 1.165) is 5.92 Å². The first-order chi connectivity index (χ1) is 8.75. The van der Waals surface area contributed by atoms with E-state index in [2.05, 4.69) is 13.5 Å². The molecule has 2 rings (SSSR count). The maximum Gasteiger partial charge on any atom is 0.0758 e. The second kappa shape index (κ2) is 7.33. The molecular weight excluding hydrogens is 220 g/mol. The Balaban J connectivity index is 1.69. The van der Waals surface area contributed by atoms with Gasteiger partial charge in [0.25, 0.3) is 0 Å². The first-order valence-corrected chi connectivity index (χ1v) is 8.09. The third-order valence-corrected chi connectivity index (χ3v) is 4.80. The lowest BCUT2D eigenvalue weighted by molar-refractivity contribution is -0.00599. The third kappa shape index (κ3) is 4.42. The van der Waals surface area contributed by atoms with Gasteiger partial charge in [-0.05, 0) is 37.7 Å². The van der Waals surface area contributed by atoms with E-state index in [1.807, 2.05) is 0 Å². The summed E-state index contributed by atoms with van der Waals surface area (Å²) in [5.41, 5.74) is 1.34. The smallest absolute Gasteiger partial charge is 0.0758 e. The van der Waals surface area contributed by atoms with Crippen molar-refractivity contribution in [2.45, 2.75) is 89.8 Å². The average Bonchev–Trinajstić information content (AvgIpc) is 2.41. The third-order valence-electron chi connectivity index (χ3n) is 4.80. The SMILES string of the molecule is C=C(CC1CCCCC1)C(C)OC1CCCCC1. The summed E-state index contributed by atoms with van der Waals surface area (Å²) < 4.78 is 6.20. The van der Waals surface area contributed by atoms with E-state index in [1.165, 1.54) is 76.2 Å². The zero-order chi connectivity index (χ0) is 12.8. The maximum absolute atomic E-state index is 6.20. The molecule has 2 aliphatic carbocycles. The molecule has 1 nitrogen and oxygen atoms in total. The highest BCUT2D eigenvalue weighted by atomic mass is 16.5. The molecular formula is C17H30O. The van der Waals surface area contributed by atoms with Crippen molar-refractivity contribution in [1.29, 1.82) is 0 Å². The number of hydrogen-bond acceptors (Lipinski definition) is 1. The van der Waals surface area contributed by atoms with Crippen LogP contribution in [-0.2, 0) is 4.74 Å². The maximum atomic E-state index is 6.20. The minimum Gasteiger partial charge on any atom is -0.371 e. The van der Waals surface area contributed by atoms with Crippen LogP contribution in [0.1, 0.15) is 77.6 Å². The van der Waals surface area contributed by atoms with Crippen molar-refractivity contribution < 1.29 is 4.74 Å². The second-order valence-electron chi connectivity index (χ2n) is 6.40. The fourth-order valence-corrected chi connectivity index (χ4v) is 3.51. The van der Waals surface area contributed by atoms with Gasteiger partial charge in [0.05, 0.1) is 12.2 Å². The van der Waals surface area contributed by atoms with Gasteiger partial charge in [-0.25, -0.2) is 0 Å². The van der Waals surface area contributed by atoms with Gasteiger partial charge in [0.15, 0.2) is 0 Å². The number of rotatable bonds is 5. The molecule has 2 aliphatic rings. The molecule has 0 radical (unpaired) electrons. The molecule has 1 heteroatoms. The summed E-state index contributed by atoms with van der Waals surface area (Å²) in [6, 6.07) is 0. The van der Waals surface area contributed by atoms with E-state index in [0.29, 0.717) is 6.10 Å². The van der Waals surface area contributed by atoms with Crippen LogP contribution in [0.3, 0.4) is 0 Å². The lowest BCUT2D eigenvalue weighted by Gasteiger charge is -2.29. The Bertz CT molecular complexity index is 246. The Morgan fingerprint density at radius 3 is 2.17 bits per heavy atom. The molecule has 0 bridgehead atoms. The van der Waals surface area contributed by atoms with Crippen LogP contribution in [0.15, 0.2) is 12.2 Å². The van der Waals surface area contributed by atoms with E-state index in [-0.39, 0.29) is 6.10 Å². The molecule has 0 amide bonds. The van der Waals surface area contributed by atoms with Crippen LogP contribution >= 0.6 is 0 Å². The van der Waals surface area contributed by atoms with Gasteiger partial charge in [-0.1, -0.05) is 57.9 Å². The molecule has 0 aromatic carbocycles. The molecule has 2 saturated carbocycles. The van der Waals surface area contributed by atoms with Gasteiger partial charge in [0, 0.05) is 0 Å². The van der Waals surface area contributed by atoms with Gasteiger partial charge in [0.2, 0.25) is 0 Å². The highest BCUT2D eigenvalue weighted by molar-refractivity contribution is 5.02. The summed E-state index contributed by atoms with van der Waals surface area (Å²) in [5, 5.41) is 0. The minimum absolute atomic E-state index is 0.273. The van der Waals surface area contributed by atoms with Gasteiger partial charge in [-0.2, -0.15) is 0 Å². The summed E-state index contributed by atoms with van der Waals surface area (Å²) in [6.45, 7) is 6.50. The van der Waals surface area contributed by atoms with Gasteiger partial charge in [-0.3, -0.25) is 0 Å². The molecule has 0 aromatic rings. The Labute approximate surface area is 113 Å². The molecule has 0 spiro atoms. The van der Waals surface area contributed by atoms with Gasteiger partial charge in [0.1, 0.15) is 0 Å². The van der Waals surface area contributed by atoms with Crippen LogP contribution in [0, 0.1) is 5.92 Å². The van der Waals surface area contributed by atoms with Crippen molar-refractivity contribution in [3.05, 3.63) is 12.2 Å². The van der Waals surface area contributed by atoms with Crippen molar-refractivity contribution in [1.82, 2.24) is 0 Å². The summed E-state index contributed by atoms with van der Waals surface area (Å²) in [7, 11) is 0. The molecule has 0 aliphatic heterocycles. The van der Waals surface area contributed by atoms with Crippen molar-refractivity contribution in [2.75, 3.05) is 0 Å². The quantitative estimate of drug-likeness (QED) is 0.605. The van der Waals surface area contributed by atoms with Crippen LogP contribution in [0.4, 0.5) is 0 Å². The molecule has 0 saturated heterocycles. The Kier molecular flexibility index (Phi) is 5.75. The van der Waals surface area contributed by atoms with Crippen molar-refractivity contribution >= 4 is 0 Å². The van der Waals surface area contributed by atoms with Crippen molar-refractivity contribution in [2.24, 2.45) is 5.92 Å². The van der Waals surface area contributed by atoms with E-state index < -0.39 is 0 Å². The highest BCUT2D eigenvalue weighted by Gasteiger charge is 2.21. The van der Waals surface area contributed by atoms with Gasteiger partial charge < -0.3 is 4.74 Å². The van der Waals surface area contributed by atoms with E-state index in [4.69, 9.17) is 4.74 Å². The standard InChI is InChI=1S/C17H30O/c1-14(13-16-9-5-3-6-10-16)15(2)18-17-11-7-4-8-12-17/h15-17H,1,3-13H2,2H3. The zero-order valence-electron chi connectivity index (χ0n) is 12.1. The van der Waals surface area contributed by atoms with Crippen molar-refractivity contribution in [3.63, 3.8) is 0 Å². The molecule has 0 N–H and O–H groups in total. The molecule has 0 aromatic heterocycles. The zero-order valence-corrected chi connectivity index (χ0v) is 12.1. The predicted octanol–water partition coefficient (Wildman–Crippen LogP) is 5.25.